The van der Waals surface area contributed by atoms with E-state index in [1.165, 1.54) is 25.9 Å². The Hall–Kier alpha value is -1.06. The first-order valence-electron chi connectivity index (χ1n) is 7.02. The van der Waals surface area contributed by atoms with Crippen LogP contribution in [0.4, 0.5) is 0 Å². The number of H-pyrrole nitrogens is 1. The second-order valence-electron chi connectivity index (χ2n) is 5.70. The normalized spacial score (nSPS) is 22.8. The van der Waals surface area contributed by atoms with Gasteiger partial charge in [-0.25, -0.2) is 4.98 Å². The zero-order chi connectivity index (χ0) is 13.4. The van der Waals surface area contributed by atoms with E-state index in [-0.39, 0.29) is 0 Å². The molecule has 19 heavy (non-hydrogen) atoms. The van der Waals surface area contributed by atoms with Crippen molar-refractivity contribution in [2.24, 2.45) is 5.92 Å². The van der Waals surface area contributed by atoms with Gasteiger partial charge in [0.2, 0.25) is 0 Å². The standard InChI is InChI=1S/C15H20ClN3/c1-10-4-3-7-19(9-10)11(2)15-17-13-6-5-12(16)8-14(13)18-15/h5-6,8,10-11H,3-4,7,9H2,1-2H3,(H,17,18). The minimum absolute atomic E-state index is 0.342. The van der Waals surface area contributed by atoms with Gasteiger partial charge in [-0.05, 0) is 50.4 Å². The monoisotopic (exact) mass is 277 g/mol. The zero-order valence-corrected chi connectivity index (χ0v) is 12.2. The maximum atomic E-state index is 6.02. The van der Waals surface area contributed by atoms with Crippen molar-refractivity contribution < 1.29 is 0 Å². The molecule has 1 aromatic heterocycles. The highest BCUT2D eigenvalue weighted by atomic mass is 35.5. The number of nitrogens with zero attached hydrogens (tertiary/aromatic N) is 2. The third-order valence-corrected chi connectivity index (χ3v) is 4.33. The highest BCUT2D eigenvalue weighted by molar-refractivity contribution is 6.31. The van der Waals surface area contributed by atoms with Gasteiger partial charge in [0.1, 0.15) is 5.82 Å². The van der Waals surface area contributed by atoms with E-state index in [1.807, 2.05) is 18.2 Å². The topological polar surface area (TPSA) is 31.9 Å². The highest BCUT2D eigenvalue weighted by Gasteiger charge is 2.23. The molecular formula is C15H20ClN3. The fourth-order valence-corrected chi connectivity index (χ4v) is 3.12. The Bertz CT molecular complexity index is 578. The third kappa shape index (κ3) is 2.63. The van der Waals surface area contributed by atoms with Crippen LogP contribution in [-0.2, 0) is 0 Å². The van der Waals surface area contributed by atoms with E-state index < -0.39 is 0 Å². The molecule has 4 heteroatoms. The van der Waals surface area contributed by atoms with Gasteiger partial charge in [-0.3, -0.25) is 4.90 Å². The number of hydrogen-bond acceptors (Lipinski definition) is 2. The fraction of sp³-hybridized carbons (Fsp3) is 0.533. The van der Waals surface area contributed by atoms with Gasteiger partial charge < -0.3 is 4.98 Å². The molecular weight excluding hydrogens is 258 g/mol. The van der Waals surface area contributed by atoms with Gasteiger partial charge >= 0.3 is 0 Å². The zero-order valence-electron chi connectivity index (χ0n) is 11.5. The number of nitrogens with one attached hydrogen (secondary N) is 1. The lowest BCUT2D eigenvalue weighted by Gasteiger charge is -2.34. The molecule has 3 rings (SSSR count). The number of hydrogen-bond donors (Lipinski definition) is 1. The minimum Gasteiger partial charge on any atom is -0.341 e. The Morgan fingerprint density at radius 3 is 3.11 bits per heavy atom. The largest absolute Gasteiger partial charge is 0.341 e. The van der Waals surface area contributed by atoms with Crippen molar-refractivity contribution in [1.82, 2.24) is 14.9 Å². The van der Waals surface area contributed by atoms with Crippen LogP contribution in [0.5, 0.6) is 0 Å². The first-order valence-corrected chi connectivity index (χ1v) is 7.40. The maximum absolute atomic E-state index is 6.02. The first-order chi connectivity index (χ1) is 9.13. The summed E-state index contributed by atoms with van der Waals surface area (Å²) in [5, 5.41) is 0.752. The lowest BCUT2D eigenvalue weighted by atomic mass is 9.99. The summed E-state index contributed by atoms with van der Waals surface area (Å²) in [6.45, 7) is 6.90. The SMILES string of the molecule is CC1CCCN(C(C)c2nc3ccc(Cl)cc3[nH]2)C1. The summed E-state index contributed by atoms with van der Waals surface area (Å²) in [6.07, 6.45) is 2.64. The van der Waals surface area contributed by atoms with Crippen LogP contribution in [-0.4, -0.2) is 28.0 Å². The first kappa shape index (κ1) is 12.9. The van der Waals surface area contributed by atoms with Gasteiger partial charge in [-0.15, -0.1) is 0 Å². The number of benzene rings is 1. The quantitative estimate of drug-likeness (QED) is 0.899. The molecule has 1 saturated heterocycles. The molecule has 1 fully saturated rings. The number of imidazole rings is 1. The lowest BCUT2D eigenvalue weighted by Crippen LogP contribution is -2.36. The van der Waals surface area contributed by atoms with Crippen molar-refractivity contribution in [1.29, 1.82) is 0 Å². The summed E-state index contributed by atoms with van der Waals surface area (Å²) >= 11 is 6.02. The minimum atomic E-state index is 0.342. The van der Waals surface area contributed by atoms with Crippen molar-refractivity contribution in [2.75, 3.05) is 13.1 Å². The summed E-state index contributed by atoms with van der Waals surface area (Å²) in [4.78, 5) is 10.6. The number of fused-ring (bicyclic) bond motifs is 1. The molecule has 1 aliphatic rings. The van der Waals surface area contributed by atoms with Gasteiger partial charge in [0, 0.05) is 11.6 Å². The van der Waals surface area contributed by atoms with Gasteiger partial charge in [0.25, 0.3) is 0 Å². The number of piperidine rings is 1. The molecule has 3 nitrogen and oxygen atoms in total. The molecule has 0 radical (unpaired) electrons. The van der Waals surface area contributed by atoms with Crippen LogP contribution in [0.15, 0.2) is 18.2 Å². The molecule has 0 saturated carbocycles. The number of rotatable bonds is 2. The van der Waals surface area contributed by atoms with Crippen molar-refractivity contribution in [2.45, 2.75) is 32.7 Å². The van der Waals surface area contributed by atoms with Crippen LogP contribution in [0.2, 0.25) is 5.02 Å². The van der Waals surface area contributed by atoms with Crippen LogP contribution in [0.25, 0.3) is 11.0 Å². The van der Waals surface area contributed by atoms with Crippen molar-refractivity contribution in [3.8, 4) is 0 Å². The summed E-state index contributed by atoms with van der Waals surface area (Å²) in [7, 11) is 0. The van der Waals surface area contributed by atoms with Gasteiger partial charge in [0.05, 0.1) is 17.1 Å². The van der Waals surface area contributed by atoms with E-state index >= 15 is 0 Å². The number of halogens is 1. The smallest absolute Gasteiger partial charge is 0.124 e. The van der Waals surface area contributed by atoms with Gasteiger partial charge in [-0.2, -0.15) is 0 Å². The van der Waals surface area contributed by atoms with Crippen LogP contribution in [0.3, 0.4) is 0 Å². The lowest BCUT2D eigenvalue weighted by molar-refractivity contribution is 0.135. The second-order valence-corrected chi connectivity index (χ2v) is 6.14. The predicted octanol–water partition coefficient (Wildman–Crippen LogP) is 4.01. The van der Waals surface area contributed by atoms with E-state index in [4.69, 9.17) is 16.6 Å². The number of aromatic amines is 1. The van der Waals surface area contributed by atoms with Crippen LogP contribution < -0.4 is 0 Å². The average Bonchev–Trinajstić information content (AvgIpc) is 2.80. The molecule has 2 atom stereocenters. The summed E-state index contributed by atoms with van der Waals surface area (Å²) in [5.41, 5.74) is 2.02. The Morgan fingerprint density at radius 2 is 2.32 bits per heavy atom. The maximum Gasteiger partial charge on any atom is 0.124 e. The molecule has 2 aromatic rings. The van der Waals surface area contributed by atoms with Gasteiger partial charge in [0.15, 0.2) is 0 Å². The summed E-state index contributed by atoms with van der Waals surface area (Å²) in [5.74, 6) is 1.83. The molecule has 0 spiro atoms. The Balaban J connectivity index is 1.86. The molecule has 1 aliphatic heterocycles. The van der Waals surface area contributed by atoms with E-state index in [0.717, 1.165) is 27.8 Å². The van der Waals surface area contributed by atoms with Crippen molar-refractivity contribution in [3.63, 3.8) is 0 Å². The van der Waals surface area contributed by atoms with Crippen molar-refractivity contribution >= 4 is 22.6 Å². The van der Waals surface area contributed by atoms with E-state index in [0.29, 0.717) is 6.04 Å². The Kier molecular flexibility index (Phi) is 3.50. The number of likely N-dealkylation sites (tertiary alicyclic amines) is 1. The van der Waals surface area contributed by atoms with Gasteiger partial charge in [-0.1, -0.05) is 18.5 Å². The molecule has 1 aromatic carbocycles. The van der Waals surface area contributed by atoms with E-state index in [2.05, 4.69) is 23.7 Å². The average molecular weight is 278 g/mol. The van der Waals surface area contributed by atoms with E-state index in [1.54, 1.807) is 0 Å². The summed E-state index contributed by atoms with van der Waals surface area (Å²) < 4.78 is 0. The summed E-state index contributed by atoms with van der Waals surface area (Å²) in [6, 6.07) is 6.15. The van der Waals surface area contributed by atoms with Crippen molar-refractivity contribution in [3.05, 3.63) is 29.0 Å². The number of aromatic nitrogens is 2. The van der Waals surface area contributed by atoms with Crippen LogP contribution >= 0.6 is 11.6 Å². The predicted molar refractivity (Wildman–Crippen MR) is 79.5 cm³/mol. The molecule has 0 bridgehead atoms. The molecule has 2 unspecified atom stereocenters. The Morgan fingerprint density at radius 1 is 1.47 bits per heavy atom. The fourth-order valence-electron chi connectivity index (χ4n) is 2.95. The second kappa shape index (κ2) is 5.14. The molecule has 102 valence electrons. The molecule has 2 heterocycles. The van der Waals surface area contributed by atoms with Crippen LogP contribution in [0, 0.1) is 5.92 Å². The molecule has 1 N–H and O–H groups in total. The molecule has 0 aliphatic carbocycles. The molecule has 0 amide bonds. The van der Waals surface area contributed by atoms with E-state index in [9.17, 15) is 0 Å². The third-order valence-electron chi connectivity index (χ3n) is 4.09. The highest BCUT2D eigenvalue weighted by Crippen LogP contribution is 2.27. The Labute approximate surface area is 119 Å². The van der Waals surface area contributed by atoms with Crippen LogP contribution in [0.1, 0.15) is 38.6 Å².